The highest BCUT2D eigenvalue weighted by atomic mass is 35.5. The lowest BCUT2D eigenvalue weighted by Crippen LogP contribution is -2.31. The van der Waals surface area contributed by atoms with Crippen molar-refractivity contribution in [2.45, 2.75) is 12.8 Å². The van der Waals surface area contributed by atoms with Crippen LogP contribution in [-0.4, -0.2) is 24.2 Å². The van der Waals surface area contributed by atoms with Crippen molar-refractivity contribution in [2.75, 3.05) is 22.6 Å². The first kappa shape index (κ1) is 11.9. The van der Waals surface area contributed by atoms with Crippen molar-refractivity contribution >= 4 is 34.8 Å². The number of carbonyl (C=O) groups is 2. The van der Waals surface area contributed by atoms with Crippen molar-refractivity contribution < 1.29 is 9.59 Å². The van der Waals surface area contributed by atoms with Gasteiger partial charge in [0.2, 0.25) is 11.8 Å². The average molecular weight is 253 g/mol. The SMILES string of the molecule is O=C1CCN(C(=O)CCCl)c2ccccc2N1. The van der Waals surface area contributed by atoms with Crippen LogP contribution in [0.4, 0.5) is 11.4 Å². The minimum atomic E-state index is -0.0707. The van der Waals surface area contributed by atoms with Gasteiger partial charge < -0.3 is 10.2 Å². The van der Waals surface area contributed by atoms with Gasteiger partial charge in [0.05, 0.1) is 11.4 Å². The Balaban J connectivity index is 2.34. The fourth-order valence-electron chi connectivity index (χ4n) is 1.84. The molecule has 0 spiro atoms. The molecule has 1 heterocycles. The van der Waals surface area contributed by atoms with Crippen LogP contribution in [0.1, 0.15) is 12.8 Å². The first-order valence-corrected chi connectivity index (χ1v) is 6.01. The van der Waals surface area contributed by atoms with Gasteiger partial charge in [0.15, 0.2) is 0 Å². The van der Waals surface area contributed by atoms with Gasteiger partial charge in [-0.15, -0.1) is 11.6 Å². The van der Waals surface area contributed by atoms with E-state index in [-0.39, 0.29) is 18.2 Å². The molecule has 0 fully saturated rings. The van der Waals surface area contributed by atoms with E-state index in [1.165, 1.54) is 0 Å². The normalized spacial score (nSPS) is 14.9. The first-order chi connectivity index (χ1) is 8.22. The Bertz CT molecular complexity index is 448. The molecular formula is C12H13ClN2O2. The minimum absolute atomic E-state index is 0.0519. The highest BCUT2D eigenvalue weighted by Gasteiger charge is 2.22. The maximum absolute atomic E-state index is 11.9. The standard InChI is InChI=1S/C12H13ClN2O2/c13-7-5-12(17)15-8-6-11(16)14-9-3-1-2-4-10(9)15/h1-4H,5-8H2,(H,14,16). The first-order valence-electron chi connectivity index (χ1n) is 5.47. The topological polar surface area (TPSA) is 49.4 Å². The van der Waals surface area contributed by atoms with E-state index >= 15 is 0 Å². The van der Waals surface area contributed by atoms with E-state index in [4.69, 9.17) is 11.6 Å². The minimum Gasteiger partial charge on any atom is -0.324 e. The Morgan fingerprint density at radius 2 is 2.18 bits per heavy atom. The molecule has 1 N–H and O–H groups in total. The second kappa shape index (κ2) is 5.19. The van der Waals surface area contributed by atoms with Gasteiger partial charge in [-0.3, -0.25) is 9.59 Å². The Morgan fingerprint density at radius 3 is 2.94 bits per heavy atom. The number of nitrogens with one attached hydrogen (secondary N) is 1. The summed E-state index contributed by atoms with van der Waals surface area (Å²) in [6, 6.07) is 7.29. The quantitative estimate of drug-likeness (QED) is 0.819. The molecule has 4 nitrogen and oxygen atoms in total. The maximum Gasteiger partial charge on any atom is 0.228 e. The second-order valence-corrected chi connectivity index (χ2v) is 4.18. The number of alkyl halides is 1. The molecule has 0 saturated carbocycles. The Hall–Kier alpha value is -1.55. The zero-order valence-corrected chi connectivity index (χ0v) is 10.0. The lowest BCUT2D eigenvalue weighted by molar-refractivity contribution is -0.118. The molecule has 1 aromatic carbocycles. The lowest BCUT2D eigenvalue weighted by Gasteiger charge is -2.21. The molecule has 17 heavy (non-hydrogen) atoms. The summed E-state index contributed by atoms with van der Waals surface area (Å²) in [6.45, 7) is 0.401. The molecule has 1 aromatic rings. The van der Waals surface area contributed by atoms with Gasteiger partial charge in [0, 0.05) is 25.3 Å². The maximum atomic E-state index is 11.9. The fraction of sp³-hybridized carbons (Fsp3) is 0.333. The molecule has 2 amide bonds. The second-order valence-electron chi connectivity index (χ2n) is 3.80. The Kier molecular flexibility index (Phi) is 3.64. The number of nitrogens with zero attached hydrogens (tertiary/aromatic N) is 1. The van der Waals surface area contributed by atoms with E-state index in [0.717, 1.165) is 5.69 Å². The van der Waals surface area contributed by atoms with Gasteiger partial charge >= 0.3 is 0 Å². The predicted octanol–water partition coefficient (Wildman–Crippen LogP) is 1.99. The number of hydrogen-bond acceptors (Lipinski definition) is 2. The summed E-state index contributed by atoms with van der Waals surface area (Å²) in [5.41, 5.74) is 1.42. The number of rotatable bonds is 2. The van der Waals surface area contributed by atoms with Gasteiger partial charge in [-0.2, -0.15) is 0 Å². The predicted molar refractivity (Wildman–Crippen MR) is 67.4 cm³/mol. The molecular weight excluding hydrogens is 240 g/mol. The van der Waals surface area contributed by atoms with Crippen LogP contribution in [0.25, 0.3) is 0 Å². The summed E-state index contributed by atoms with van der Waals surface area (Å²) in [5.74, 6) is 0.168. The van der Waals surface area contributed by atoms with Gasteiger partial charge in [-0.05, 0) is 12.1 Å². The largest absolute Gasteiger partial charge is 0.324 e. The van der Waals surface area contributed by atoms with Crippen molar-refractivity contribution in [3.8, 4) is 0 Å². The molecule has 0 radical (unpaired) electrons. The van der Waals surface area contributed by atoms with E-state index in [1.54, 1.807) is 11.0 Å². The number of halogens is 1. The molecule has 0 unspecified atom stereocenters. The molecule has 90 valence electrons. The number of anilines is 2. The number of fused-ring (bicyclic) bond motifs is 1. The summed E-state index contributed by atoms with van der Waals surface area (Å²) in [6.07, 6.45) is 0.590. The van der Waals surface area contributed by atoms with Crippen molar-refractivity contribution in [2.24, 2.45) is 0 Å². The highest BCUT2D eigenvalue weighted by molar-refractivity contribution is 6.19. The van der Waals surface area contributed by atoms with Crippen LogP contribution in [0.15, 0.2) is 24.3 Å². The monoisotopic (exact) mass is 252 g/mol. The summed E-state index contributed by atoms with van der Waals surface area (Å²) < 4.78 is 0. The van der Waals surface area contributed by atoms with Crippen LogP contribution in [0.3, 0.4) is 0 Å². The van der Waals surface area contributed by atoms with Crippen LogP contribution in [-0.2, 0) is 9.59 Å². The van der Waals surface area contributed by atoms with Gasteiger partial charge in [0.25, 0.3) is 0 Å². The highest BCUT2D eigenvalue weighted by Crippen LogP contribution is 2.28. The molecule has 1 aliphatic heterocycles. The zero-order chi connectivity index (χ0) is 12.3. The zero-order valence-electron chi connectivity index (χ0n) is 9.28. The Morgan fingerprint density at radius 1 is 1.41 bits per heavy atom. The third kappa shape index (κ3) is 2.58. The van der Waals surface area contributed by atoms with Gasteiger partial charge in [-0.1, -0.05) is 12.1 Å². The summed E-state index contributed by atoms with van der Waals surface area (Å²) in [7, 11) is 0. The lowest BCUT2D eigenvalue weighted by atomic mass is 10.2. The number of carbonyl (C=O) groups excluding carboxylic acids is 2. The van der Waals surface area contributed by atoms with E-state index in [2.05, 4.69) is 5.32 Å². The van der Waals surface area contributed by atoms with Crippen LogP contribution in [0.5, 0.6) is 0 Å². The summed E-state index contributed by atoms with van der Waals surface area (Å²) in [5, 5.41) is 2.78. The van der Waals surface area contributed by atoms with Crippen molar-refractivity contribution in [3.05, 3.63) is 24.3 Å². The molecule has 0 bridgehead atoms. The molecule has 1 aliphatic rings. The van der Waals surface area contributed by atoms with E-state index < -0.39 is 0 Å². The van der Waals surface area contributed by atoms with Crippen LogP contribution < -0.4 is 10.2 Å². The van der Waals surface area contributed by atoms with Crippen molar-refractivity contribution in [1.29, 1.82) is 0 Å². The van der Waals surface area contributed by atoms with E-state index in [1.807, 2.05) is 18.2 Å². The summed E-state index contributed by atoms with van der Waals surface area (Å²) >= 11 is 5.58. The number of amides is 2. The molecule has 0 aromatic heterocycles. The van der Waals surface area contributed by atoms with E-state index in [0.29, 0.717) is 24.5 Å². The van der Waals surface area contributed by atoms with Crippen LogP contribution >= 0.6 is 11.6 Å². The van der Waals surface area contributed by atoms with Gasteiger partial charge in [0.1, 0.15) is 0 Å². The van der Waals surface area contributed by atoms with Crippen molar-refractivity contribution in [1.82, 2.24) is 0 Å². The third-order valence-corrected chi connectivity index (χ3v) is 2.83. The average Bonchev–Trinajstić information content (AvgIpc) is 2.47. The number of hydrogen-bond donors (Lipinski definition) is 1. The fourth-order valence-corrected chi connectivity index (χ4v) is 2.00. The van der Waals surface area contributed by atoms with Crippen LogP contribution in [0.2, 0.25) is 0 Å². The third-order valence-electron chi connectivity index (χ3n) is 2.64. The molecule has 0 atom stereocenters. The molecule has 0 saturated heterocycles. The van der Waals surface area contributed by atoms with E-state index in [9.17, 15) is 9.59 Å². The number of para-hydroxylation sites is 2. The molecule has 5 heteroatoms. The van der Waals surface area contributed by atoms with Gasteiger partial charge in [-0.25, -0.2) is 0 Å². The Labute approximate surface area is 105 Å². The summed E-state index contributed by atoms with van der Waals surface area (Å²) in [4.78, 5) is 25.0. The van der Waals surface area contributed by atoms with Crippen molar-refractivity contribution in [3.63, 3.8) is 0 Å². The van der Waals surface area contributed by atoms with Crippen LogP contribution in [0, 0.1) is 0 Å². The number of benzene rings is 1. The smallest absolute Gasteiger partial charge is 0.228 e. The molecule has 2 rings (SSSR count). The molecule has 0 aliphatic carbocycles.